The predicted octanol–water partition coefficient (Wildman–Crippen LogP) is 1.74. The summed E-state index contributed by atoms with van der Waals surface area (Å²) in [6.45, 7) is 0.851. The zero-order valence-corrected chi connectivity index (χ0v) is 10.5. The normalized spacial score (nSPS) is 10.1. The number of unbranched alkanes of at least 4 members (excludes halogenated alkanes) is 2. The van der Waals surface area contributed by atoms with Crippen LogP contribution in [0, 0.1) is 0 Å². The van der Waals surface area contributed by atoms with Crippen LogP contribution in [0.15, 0.2) is 22.9 Å². The van der Waals surface area contributed by atoms with Crippen molar-refractivity contribution in [1.29, 1.82) is 0 Å². The summed E-state index contributed by atoms with van der Waals surface area (Å²) in [7, 11) is 0. The van der Waals surface area contributed by atoms with E-state index in [2.05, 4.69) is 26.2 Å². The van der Waals surface area contributed by atoms with Crippen molar-refractivity contribution < 1.29 is 9.90 Å². The van der Waals surface area contributed by atoms with E-state index in [0.29, 0.717) is 16.7 Å². The highest BCUT2D eigenvalue weighted by Crippen LogP contribution is 2.07. The van der Waals surface area contributed by atoms with Crippen LogP contribution in [0.2, 0.25) is 0 Å². The molecule has 4 nitrogen and oxygen atoms in total. The Kier molecular flexibility index (Phi) is 6.03. The molecule has 0 bridgehead atoms. The van der Waals surface area contributed by atoms with Gasteiger partial charge in [-0.15, -0.1) is 0 Å². The first-order chi connectivity index (χ1) is 7.74. The summed E-state index contributed by atoms with van der Waals surface area (Å²) in [6, 6.07) is 3.36. The maximum absolute atomic E-state index is 11.6. The fraction of sp³-hybridized carbons (Fsp3) is 0.455. The number of amides is 1. The molecule has 0 atom stereocenters. The largest absolute Gasteiger partial charge is 0.396 e. The van der Waals surface area contributed by atoms with E-state index in [9.17, 15) is 4.79 Å². The molecule has 1 rings (SSSR count). The molecule has 0 radical (unpaired) electrons. The minimum atomic E-state index is -0.0906. The van der Waals surface area contributed by atoms with Gasteiger partial charge in [0.2, 0.25) is 0 Å². The molecule has 88 valence electrons. The quantitative estimate of drug-likeness (QED) is 0.619. The van der Waals surface area contributed by atoms with Crippen molar-refractivity contribution in [3.8, 4) is 0 Å². The molecule has 0 saturated carbocycles. The molecular formula is C11H15BrN2O2. The highest BCUT2D eigenvalue weighted by molar-refractivity contribution is 9.10. The van der Waals surface area contributed by atoms with Crippen LogP contribution < -0.4 is 5.32 Å². The van der Waals surface area contributed by atoms with Crippen LogP contribution >= 0.6 is 15.9 Å². The topological polar surface area (TPSA) is 62.2 Å². The maximum atomic E-state index is 11.6. The number of hydrogen-bond acceptors (Lipinski definition) is 3. The lowest BCUT2D eigenvalue weighted by atomic mass is 10.2. The fourth-order valence-corrected chi connectivity index (χ4v) is 1.63. The number of carbonyl (C=O) groups excluding carboxylic acids is 1. The first-order valence-corrected chi connectivity index (χ1v) is 6.04. The van der Waals surface area contributed by atoms with Crippen molar-refractivity contribution in [2.24, 2.45) is 0 Å². The third kappa shape index (κ3) is 4.72. The molecule has 0 aliphatic carbocycles. The summed E-state index contributed by atoms with van der Waals surface area (Å²) in [5, 5.41) is 11.4. The van der Waals surface area contributed by atoms with Gasteiger partial charge in [0.15, 0.2) is 0 Å². The molecule has 0 unspecified atom stereocenters. The van der Waals surface area contributed by atoms with E-state index in [4.69, 9.17) is 5.11 Å². The van der Waals surface area contributed by atoms with Crippen molar-refractivity contribution in [3.63, 3.8) is 0 Å². The lowest BCUT2D eigenvalue weighted by molar-refractivity contribution is 0.0952. The van der Waals surface area contributed by atoms with Crippen molar-refractivity contribution in [2.45, 2.75) is 19.3 Å². The van der Waals surface area contributed by atoms with E-state index in [1.807, 2.05) is 0 Å². The molecule has 0 spiro atoms. The minimum absolute atomic E-state index is 0.0906. The molecule has 1 aromatic heterocycles. The van der Waals surface area contributed by atoms with Crippen molar-refractivity contribution in [3.05, 3.63) is 28.5 Å². The van der Waals surface area contributed by atoms with E-state index < -0.39 is 0 Å². The number of aromatic nitrogens is 1. The Balaban J connectivity index is 2.30. The second-order valence-electron chi connectivity index (χ2n) is 3.41. The van der Waals surface area contributed by atoms with Gasteiger partial charge in [-0.3, -0.25) is 4.79 Å². The van der Waals surface area contributed by atoms with Crippen molar-refractivity contribution in [2.75, 3.05) is 13.2 Å². The Morgan fingerprint density at radius 3 is 2.94 bits per heavy atom. The lowest BCUT2D eigenvalue weighted by Crippen LogP contribution is -2.24. The van der Waals surface area contributed by atoms with Gasteiger partial charge in [0.25, 0.3) is 5.91 Å². The smallest absolute Gasteiger partial charge is 0.251 e. The van der Waals surface area contributed by atoms with Gasteiger partial charge in [0.1, 0.15) is 4.60 Å². The van der Waals surface area contributed by atoms with Gasteiger partial charge in [-0.1, -0.05) is 0 Å². The summed E-state index contributed by atoms with van der Waals surface area (Å²) in [6.07, 6.45) is 4.19. The molecule has 0 aliphatic rings. The molecule has 0 fully saturated rings. The Morgan fingerprint density at radius 2 is 2.25 bits per heavy atom. The van der Waals surface area contributed by atoms with Crippen LogP contribution in [0.1, 0.15) is 29.6 Å². The van der Waals surface area contributed by atoms with E-state index >= 15 is 0 Å². The van der Waals surface area contributed by atoms with E-state index in [-0.39, 0.29) is 12.5 Å². The molecule has 16 heavy (non-hydrogen) atoms. The highest BCUT2D eigenvalue weighted by atomic mass is 79.9. The van der Waals surface area contributed by atoms with E-state index in [1.54, 1.807) is 18.3 Å². The van der Waals surface area contributed by atoms with Crippen LogP contribution in [0.4, 0.5) is 0 Å². The molecular weight excluding hydrogens is 272 g/mol. The zero-order chi connectivity index (χ0) is 11.8. The number of aliphatic hydroxyl groups excluding tert-OH is 1. The molecule has 0 saturated heterocycles. The standard InChI is InChI=1S/C11H15BrN2O2/c12-10-8-9(4-6-13-10)11(16)14-5-2-1-3-7-15/h4,6,8,15H,1-3,5,7H2,(H,14,16). The molecule has 1 amide bonds. The second kappa shape index (κ2) is 7.35. The number of hydrogen-bond donors (Lipinski definition) is 2. The van der Waals surface area contributed by atoms with Gasteiger partial charge in [0.05, 0.1) is 0 Å². The lowest BCUT2D eigenvalue weighted by Gasteiger charge is -2.04. The Morgan fingerprint density at radius 1 is 1.44 bits per heavy atom. The summed E-state index contributed by atoms with van der Waals surface area (Å²) in [4.78, 5) is 15.6. The molecule has 1 heterocycles. The third-order valence-electron chi connectivity index (χ3n) is 2.11. The van der Waals surface area contributed by atoms with Crippen molar-refractivity contribution in [1.82, 2.24) is 10.3 Å². The summed E-state index contributed by atoms with van der Waals surface area (Å²) in [5.41, 5.74) is 0.601. The number of nitrogens with one attached hydrogen (secondary N) is 1. The zero-order valence-electron chi connectivity index (χ0n) is 8.95. The molecule has 5 heteroatoms. The molecule has 0 aliphatic heterocycles. The average Bonchev–Trinajstić information content (AvgIpc) is 2.28. The van der Waals surface area contributed by atoms with Crippen LogP contribution in [0.5, 0.6) is 0 Å². The third-order valence-corrected chi connectivity index (χ3v) is 2.54. The Hall–Kier alpha value is -0.940. The molecule has 2 N–H and O–H groups in total. The van der Waals surface area contributed by atoms with Crippen LogP contribution in [0.3, 0.4) is 0 Å². The van der Waals surface area contributed by atoms with Crippen LogP contribution in [0.25, 0.3) is 0 Å². The van der Waals surface area contributed by atoms with Crippen molar-refractivity contribution >= 4 is 21.8 Å². The fourth-order valence-electron chi connectivity index (χ4n) is 1.26. The van der Waals surface area contributed by atoms with Gasteiger partial charge in [-0.2, -0.15) is 0 Å². The van der Waals surface area contributed by atoms with E-state index in [0.717, 1.165) is 19.3 Å². The van der Waals surface area contributed by atoms with Gasteiger partial charge in [-0.25, -0.2) is 4.98 Å². The SMILES string of the molecule is O=C(NCCCCCO)c1ccnc(Br)c1. The second-order valence-corrected chi connectivity index (χ2v) is 4.22. The van der Waals surface area contributed by atoms with Gasteiger partial charge < -0.3 is 10.4 Å². The Bertz CT molecular complexity index is 345. The number of pyridine rings is 1. The predicted molar refractivity (Wildman–Crippen MR) is 65.2 cm³/mol. The summed E-state index contributed by atoms with van der Waals surface area (Å²) in [5.74, 6) is -0.0906. The average molecular weight is 287 g/mol. The first-order valence-electron chi connectivity index (χ1n) is 5.24. The first kappa shape index (κ1) is 13.1. The molecule has 0 aromatic carbocycles. The molecule has 1 aromatic rings. The van der Waals surface area contributed by atoms with Crippen LogP contribution in [-0.2, 0) is 0 Å². The number of halogens is 1. The Labute approximate surface area is 103 Å². The maximum Gasteiger partial charge on any atom is 0.251 e. The van der Waals surface area contributed by atoms with Gasteiger partial charge in [0, 0.05) is 24.9 Å². The number of nitrogens with zero attached hydrogens (tertiary/aromatic N) is 1. The van der Waals surface area contributed by atoms with Crippen LogP contribution in [-0.4, -0.2) is 29.1 Å². The van der Waals surface area contributed by atoms with E-state index in [1.165, 1.54) is 0 Å². The summed E-state index contributed by atoms with van der Waals surface area (Å²) >= 11 is 3.21. The van der Waals surface area contributed by atoms with Gasteiger partial charge >= 0.3 is 0 Å². The number of aliphatic hydroxyl groups is 1. The number of carbonyl (C=O) groups is 1. The highest BCUT2D eigenvalue weighted by Gasteiger charge is 2.04. The monoisotopic (exact) mass is 286 g/mol. The number of rotatable bonds is 6. The minimum Gasteiger partial charge on any atom is -0.396 e. The summed E-state index contributed by atoms with van der Waals surface area (Å²) < 4.78 is 0.653. The van der Waals surface area contributed by atoms with Gasteiger partial charge in [-0.05, 0) is 47.3 Å².